The number of nitrogens with two attached hydrogens (primary N) is 1. The van der Waals surface area contributed by atoms with Gasteiger partial charge in [-0.15, -0.1) is 0 Å². The minimum Gasteiger partial charge on any atom is -0.328 e. The Hall–Kier alpha value is -0.120. The van der Waals surface area contributed by atoms with Gasteiger partial charge in [0.05, 0.1) is 6.17 Å². The SMILES string of the molecule is NC1CCC(CNC2CCCN2)CC1. The summed E-state index contributed by atoms with van der Waals surface area (Å²) in [7, 11) is 0. The van der Waals surface area contributed by atoms with Crippen LogP contribution < -0.4 is 16.4 Å². The zero-order valence-corrected chi connectivity index (χ0v) is 8.97. The first-order valence-electron chi connectivity index (χ1n) is 6.07. The van der Waals surface area contributed by atoms with E-state index < -0.39 is 0 Å². The molecule has 0 aromatic rings. The van der Waals surface area contributed by atoms with E-state index in [1.165, 1.54) is 51.6 Å². The lowest BCUT2D eigenvalue weighted by atomic mass is 9.86. The molecule has 1 saturated carbocycles. The van der Waals surface area contributed by atoms with E-state index >= 15 is 0 Å². The normalized spacial score (nSPS) is 38.8. The molecular formula is C11H23N3. The van der Waals surface area contributed by atoms with Gasteiger partial charge in [0.2, 0.25) is 0 Å². The summed E-state index contributed by atoms with van der Waals surface area (Å²) < 4.78 is 0. The number of nitrogens with one attached hydrogen (secondary N) is 2. The van der Waals surface area contributed by atoms with Crippen LogP contribution in [0.2, 0.25) is 0 Å². The fourth-order valence-electron chi connectivity index (χ4n) is 2.56. The summed E-state index contributed by atoms with van der Waals surface area (Å²) in [6.45, 7) is 2.37. The second kappa shape index (κ2) is 5.10. The Morgan fingerprint density at radius 1 is 1.14 bits per heavy atom. The average molecular weight is 197 g/mol. The summed E-state index contributed by atoms with van der Waals surface area (Å²) in [5, 5.41) is 7.08. The molecule has 3 nitrogen and oxygen atoms in total. The fourth-order valence-corrected chi connectivity index (χ4v) is 2.56. The third-order valence-corrected chi connectivity index (χ3v) is 3.60. The van der Waals surface area contributed by atoms with Gasteiger partial charge in [0, 0.05) is 6.04 Å². The largest absolute Gasteiger partial charge is 0.328 e. The summed E-state index contributed by atoms with van der Waals surface area (Å²) in [6.07, 6.45) is 8.31. The molecular weight excluding hydrogens is 174 g/mol. The second-order valence-corrected chi connectivity index (χ2v) is 4.84. The van der Waals surface area contributed by atoms with Crippen LogP contribution in [0.25, 0.3) is 0 Å². The van der Waals surface area contributed by atoms with Crippen molar-refractivity contribution in [3.8, 4) is 0 Å². The van der Waals surface area contributed by atoms with Crippen LogP contribution >= 0.6 is 0 Å². The van der Waals surface area contributed by atoms with Gasteiger partial charge in [-0.25, -0.2) is 0 Å². The van der Waals surface area contributed by atoms with Crippen LogP contribution in [0.5, 0.6) is 0 Å². The zero-order chi connectivity index (χ0) is 9.80. The highest BCUT2D eigenvalue weighted by Crippen LogP contribution is 2.22. The lowest BCUT2D eigenvalue weighted by Gasteiger charge is -2.27. The van der Waals surface area contributed by atoms with Crippen molar-refractivity contribution in [3.63, 3.8) is 0 Å². The minimum absolute atomic E-state index is 0.482. The smallest absolute Gasteiger partial charge is 0.0572 e. The Labute approximate surface area is 86.8 Å². The maximum absolute atomic E-state index is 5.88. The lowest BCUT2D eigenvalue weighted by molar-refractivity contribution is 0.299. The minimum atomic E-state index is 0.482. The second-order valence-electron chi connectivity index (χ2n) is 4.84. The van der Waals surface area contributed by atoms with E-state index in [9.17, 15) is 0 Å². The molecule has 2 fully saturated rings. The number of rotatable bonds is 3. The fraction of sp³-hybridized carbons (Fsp3) is 1.00. The van der Waals surface area contributed by atoms with Crippen molar-refractivity contribution >= 4 is 0 Å². The van der Waals surface area contributed by atoms with Gasteiger partial charge in [-0.2, -0.15) is 0 Å². The highest BCUT2D eigenvalue weighted by molar-refractivity contribution is 4.78. The van der Waals surface area contributed by atoms with Crippen molar-refractivity contribution in [1.82, 2.24) is 10.6 Å². The molecule has 0 spiro atoms. The quantitative estimate of drug-likeness (QED) is 0.627. The van der Waals surface area contributed by atoms with E-state index in [0.29, 0.717) is 12.2 Å². The zero-order valence-electron chi connectivity index (χ0n) is 8.97. The molecule has 82 valence electrons. The van der Waals surface area contributed by atoms with Gasteiger partial charge in [-0.05, 0) is 57.5 Å². The van der Waals surface area contributed by atoms with Gasteiger partial charge < -0.3 is 16.4 Å². The Balaban J connectivity index is 1.60. The molecule has 4 N–H and O–H groups in total. The van der Waals surface area contributed by atoms with Crippen LogP contribution in [0.4, 0.5) is 0 Å². The monoisotopic (exact) mass is 197 g/mol. The molecule has 0 radical (unpaired) electrons. The summed E-state index contributed by atoms with van der Waals surface area (Å²) in [4.78, 5) is 0. The summed E-state index contributed by atoms with van der Waals surface area (Å²) in [6, 6.07) is 0.482. The van der Waals surface area contributed by atoms with Crippen molar-refractivity contribution in [1.29, 1.82) is 0 Å². The van der Waals surface area contributed by atoms with E-state index in [0.717, 1.165) is 5.92 Å². The lowest BCUT2D eigenvalue weighted by Crippen LogP contribution is -2.41. The van der Waals surface area contributed by atoms with Gasteiger partial charge in [-0.3, -0.25) is 0 Å². The highest BCUT2D eigenvalue weighted by Gasteiger charge is 2.20. The molecule has 1 atom stereocenters. The number of hydrogen-bond donors (Lipinski definition) is 3. The first-order valence-corrected chi connectivity index (χ1v) is 6.07. The van der Waals surface area contributed by atoms with E-state index in [-0.39, 0.29) is 0 Å². The van der Waals surface area contributed by atoms with Crippen molar-refractivity contribution in [2.75, 3.05) is 13.1 Å². The van der Waals surface area contributed by atoms with E-state index in [1.54, 1.807) is 0 Å². The third-order valence-electron chi connectivity index (χ3n) is 3.60. The predicted octanol–water partition coefficient (Wildman–Crippen LogP) is 0.803. The Kier molecular flexibility index (Phi) is 3.79. The van der Waals surface area contributed by atoms with E-state index in [2.05, 4.69) is 10.6 Å². The standard InChI is InChI=1S/C11H23N3/c12-10-5-3-9(4-6-10)8-14-11-2-1-7-13-11/h9-11,13-14H,1-8,12H2. The van der Waals surface area contributed by atoms with Crippen LogP contribution in [-0.2, 0) is 0 Å². The van der Waals surface area contributed by atoms with Gasteiger partial charge in [0.15, 0.2) is 0 Å². The Morgan fingerprint density at radius 2 is 1.93 bits per heavy atom. The Morgan fingerprint density at radius 3 is 2.57 bits per heavy atom. The van der Waals surface area contributed by atoms with E-state index in [1.807, 2.05) is 0 Å². The van der Waals surface area contributed by atoms with Crippen LogP contribution in [0.1, 0.15) is 38.5 Å². The summed E-state index contributed by atoms with van der Waals surface area (Å²) >= 11 is 0. The highest BCUT2D eigenvalue weighted by atomic mass is 15.1. The van der Waals surface area contributed by atoms with Crippen LogP contribution in [0, 0.1) is 5.92 Å². The molecule has 2 aliphatic rings. The first kappa shape index (κ1) is 10.4. The van der Waals surface area contributed by atoms with Crippen LogP contribution in [-0.4, -0.2) is 25.3 Å². The van der Waals surface area contributed by atoms with Crippen molar-refractivity contribution in [2.24, 2.45) is 11.7 Å². The topological polar surface area (TPSA) is 50.1 Å². The van der Waals surface area contributed by atoms with Gasteiger partial charge in [-0.1, -0.05) is 0 Å². The molecule has 3 heteroatoms. The predicted molar refractivity (Wildman–Crippen MR) is 59.0 cm³/mol. The molecule has 2 rings (SSSR count). The van der Waals surface area contributed by atoms with E-state index in [4.69, 9.17) is 5.73 Å². The molecule has 14 heavy (non-hydrogen) atoms. The van der Waals surface area contributed by atoms with Crippen molar-refractivity contribution < 1.29 is 0 Å². The molecule has 1 aliphatic carbocycles. The maximum atomic E-state index is 5.88. The van der Waals surface area contributed by atoms with Crippen molar-refractivity contribution in [2.45, 2.75) is 50.7 Å². The molecule has 1 unspecified atom stereocenters. The summed E-state index contributed by atoms with van der Waals surface area (Å²) in [5.41, 5.74) is 5.88. The van der Waals surface area contributed by atoms with Crippen molar-refractivity contribution in [3.05, 3.63) is 0 Å². The molecule has 0 bridgehead atoms. The Bertz CT molecular complexity index is 158. The molecule has 1 heterocycles. The molecule has 0 aromatic heterocycles. The van der Waals surface area contributed by atoms with Gasteiger partial charge in [0.25, 0.3) is 0 Å². The van der Waals surface area contributed by atoms with Gasteiger partial charge in [0.1, 0.15) is 0 Å². The molecule has 1 aliphatic heterocycles. The average Bonchev–Trinajstić information content (AvgIpc) is 2.70. The van der Waals surface area contributed by atoms with Crippen LogP contribution in [0.3, 0.4) is 0 Å². The third kappa shape index (κ3) is 2.94. The first-order chi connectivity index (χ1) is 6.84. The maximum Gasteiger partial charge on any atom is 0.0572 e. The molecule has 0 amide bonds. The summed E-state index contributed by atoms with van der Waals surface area (Å²) in [5.74, 6) is 0.872. The van der Waals surface area contributed by atoms with Gasteiger partial charge >= 0.3 is 0 Å². The van der Waals surface area contributed by atoms with Crippen LogP contribution in [0.15, 0.2) is 0 Å². The molecule has 1 saturated heterocycles. The number of hydrogen-bond acceptors (Lipinski definition) is 3. The molecule has 0 aromatic carbocycles.